The number of nitro benzene ring substituents is 1. The van der Waals surface area contributed by atoms with E-state index in [-0.39, 0.29) is 17.3 Å². The van der Waals surface area contributed by atoms with Gasteiger partial charge in [-0.15, -0.1) is 11.3 Å². The molecule has 0 spiro atoms. The summed E-state index contributed by atoms with van der Waals surface area (Å²) in [5.41, 5.74) is 0.787. The average molecular weight is 359 g/mol. The fourth-order valence-electron chi connectivity index (χ4n) is 3.00. The SMILES string of the molecule is N#Cc1cc([N+](=O)[O-])ccc1N1CCOCC1CC(O)c1cccs1. The fourth-order valence-corrected chi connectivity index (χ4v) is 3.72. The van der Waals surface area contributed by atoms with Crippen molar-refractivity contribution in [3.05, 3.63) is 56.3 Å². The molecule has 1 aromatic carbocycles. The summed E-state index contributed by atoms with van der Waals surface area (Å²) in [5, 5.41) is 32.7. The van der Waals surface area contributed by atoms with Crippen molar-refractivity contribution in [2.75, 3.05) is 24.7 Å². The average Bonchev–Trinajstić information content (AvgIpc) is 3.16. The van der Waals surface area contributed by atoms with E-state index < -0.39 is 11.0 Å². The molecule has 3 rings (SSSR count). The van der Waals surface area contributed by atoms with E-state index in [2.05, 4.69) is 0 Å². The molecule has 130 valence electrons. The molecule has 1 aromatic heterocycles. The molecule has 0 aliphatic carbocycles. The highest BCUT2D eigenvalue weighted by Crippen LogP contribution is 2.31. The molecule has 7 nitrogen and oxygen atoms in total. The number of benzene rings is 1. The van der Waals surface area contributed by atoms with Crippen LogP contribution in [0, 0.1) is 21.4 Å². The number of anilines is 1. The van der Waals surface area contributed by atoms with Gasteiger partial charge in [-0.05, 0) is 17.5 Å². The first-order valence-corrected chi connectivity index (χ1v) is 8.72. The zero-order chi connectivity index (χ0) is 17.8. The number of aliphatic hydroxyl groups excluding tert-OH is 1. The number of nitriles is 1. The second-order valence-electron chi connectivity index (χ2n) is 5.76. The Balaban J connectivity index is 1.86. The first kappa shape index (κ1) is 17.4. The lowest BCUT2D eigenvalue weighted by Gasteiger charge is -2.38. The van der Waals surface area contributed by atoms with Crippen LogP contribution in [0.15, 0.2) is 35.7 Å². The summed E-state index contributed by atoms with van der Waals surface area (Å²) in [6.45, 7) is 1.51. The van der Waals surface area contributed by atoms with Crippen molar-refractivity contribution < 1.29 is 14.8 Å². The van der Waals surface area contributed by atoms with Gasteiger partial charge in [-0.3, -0.25) is 10.1 Å². The first-order chi connectivity index (χ1) is 12.1. The second kappa shape index (κ2) is 7.61. The Kier molecular flexibility index (Phi) is 5.28. The maximum atomic E-state index is 10.9. The quantitative estimate of drug-likeness (QED) is 0.651. The summed E-state index contributed by atoms with van der Waals surface area (Å²) in [7, 11) is 0. The number of hydrogen-bond acceptors (Lipinski definition) is 7. The highest BCUT2D eigenvalue weighted by Gasteiger charge is 2.28. The van der Waals surface area contributed by atoms with E-state index in [9.17, 15) is 20.5 Å². The zero-order valence-corrected chi connectivity index (χ0v) is 14.2. The maximum Gasteiger partial charge on any atom is 0.270 e. The topological polar surface area (TPSA) is 99.6 Å². The molecule has 2 atom stereocenters. The van der Waals surface area contributed by atoms with Crippen LogP contribution in [0.5, 0.6) is 0 Å². The summed E-state index contributed by atoms with van der Waals surface area (Å²) in [4.78, 5) is 13.3. The maximum absolute atomic E-state index is 10.9. The molecular weight excluding hydrogens is 342 g/mol. The third-order valence-corrected chi connectivity index (χ3v) is 5.19. The molecule has 8 heteroatoms. The van der Waals surface area contributed by atoms with Crippen LogP contribution in [0.25, 0.3) is 0 Å². The summed E-state index contributed by atoms with van der Waals surface area (Å²) in [5.74, 6) is 0. The zero-order valence-electron chi connectivity index (χ0n) is 13.4. The van der Waals surface area contributed by atoms with Crippen LogP contribution < -0.4 is 4.90 Å². The van der Waals surface area contributed by atoms with Crippen LogP contribution in [0.3, 0.4) is 0 Å². The standard InChI is InChI=1S/C17H17N3O4S/c18-10-12-8-13(20(22)23)3-4-15(12)19-5-6-24-11-14(19)9-16(21)17-2-1-7-25-17/h1-4,7-8,14,16,21H,5-6,9,11H2. The smallest absolute Gasteiger partial charge is 0.270 e. The molecule has 1 aliphatic heterocycles. The molecule has 2 heterocycles. The number of rotatable bonds is 5. The minimum atomic E-state index is -0.613. The van der Waals surface area contributed by atoms with Gasteiger partial charge in [0.15, 0.2) is 0 Å². The first-order valence-electron chi connectivity index (χ1n) is 7.84. The van der Waals surface area contributed by atoms with Gasteiger partial charge in [-0.1, -0.05) is 6.07 Å². The molecule has 1 N–H and O–H groups in total. The molecule has 0 bridgehead atoms. The summed E-state index contributed by atoms with van der Waals surface area (Å²) < 4.78 is 5.55. The Hall–Kier alpha value is -2.47. The Morgan fingerprint density at radius 3 is 3.04 bits per heavy atom. The number of hydrogen-bond donors (Lipinski definition) is 1. The van der Waals surface area contributed by atoms with Gasteiger partial charge in [-0.25, -0.2) is 0 Å². The van der Waals surface area contributed by atoms with Crippen molar-refractivity contribution >= 4 is 22.7 Å². The van der Waals surface area contributed by atoms with Crippen molar-refractivity contribution in [1.82, 2.24) is 0 Å². The molecule has 25 heavy (non-hydrogen) atoms. The molecule has 1 saturated heterocycles. The number of morpholine rings is 1. The highest BCUT2D eigenvalue weighted by atomic mass is 32.1. The third-order valence-electron chi connectivity index (χ3n) is 4.22. The van der Waals surface area contributed by atoms with Crippen molar-refractivity contribution in [2.24, 2.45) is 0 Å². The molecule has 1 aliphatic rings. The number of thiophene rings is 1. The van der Waals surface area contributed by atoms with Gasteiger partial charge in [0, 0.05) is 30.0 Å². The predicted molar refractivity (Wildman–Crippen MR) is 93.7 cm³/mol. The van der Waals surface area contributed by atoms with Crippen molar-refractivity contribution in [3.63, 3.8) is 0 Å². The molecule has 0 radical (unpaired) electrons. The fraction of sp³-hybridized carbons (Fsp3) is 0.353. The van der Waals surface area contributed by atoms with Gasteiger partial charge in [0.05, 0.1) is 41.5 Å². The number of nitrogens with zero attached hydrogens (tertiary/aromatic N) is 3. The third kappa shape index (κ3) is 3.79. The van der Waals surface area contributed by atoms with Gasteiger partial charge >= 0.3 is 0 Å². The molecular formula is C17H17N3O4S. The Morgan fingerprint density at radius 1 is 1.52 bits per heavy atom. The van der Waals surface area contributed by atoms with Gasteiger partial charge in [-0.2, -0.15) is 5.26 Å². The Bertz CT molecular complexity index is 788. The highest BCUT2D eigenvalue weighted by molar-refractivity contribution is 7.10. The summed E-state index contributed by atoms with van der Waals surface area (Å²) in [6.07, 6.45) is -0.152. The minimum Gasteiger partial charge on any atom is -0.387 e. The normalized spacial score (nSPS) is 18.6. The largest absolute Gasteiger partial charge is 0.387 e. The number of aliphatic hydroxyl groups is 1. The van der Waals surface area contributed by atoms with Crippen molar-refractivity contribution in [2.45, 2.75) is 18.6 Å². The number of ether oxygens (including phenoxy) is 1. The Labute approximate surface area is 148 Å². The van der Waals surface area contributed by atoms with Crippen molar-refractivity contribution in [1.29, 1.82) is 5.26 Å². The molecule has 2 unspecified atom stereocenters. The van der Waals surface area contributed by atoms with E-state index in [4.69, 9.17) is 4.74 Å². The predicted octanol–water partition coefficient (Wildman–Crippen LogP) is 2.86. The van der Waals surface area contributed by atoms with E-state index in [1.54, 1.807) is 6.07 Å². The number of non-ortho nitro benzene ring substituents is 1. The van der Waals surface area contributed by atoms with E-state index in [1.807, 2.05) is 28.5 Å². The van der Waals surface area contributed by atoms with Gasteiger partial charge in [0.2, 0.25) is 0 Å². The van der Waals surface area contributed by atoms with Gasteiger partial charge in [0.1, 0.15) is 6.07 Å². The van der Waals surface area contributed by atoms with Crippen LogP contribution >= 0.6 is 11.3 Å². The number of nitro groups is 1. The van der Waals surface area contributed by atoms with Crippen LogP contribution in [-0.4, -0.2) is 35.8 Å². The molecule has 0 saturated carbocycles. The van der Waals surface area contributed by atoms with E-state index >= 15 is 0 Å². The Morgan fingerprint density at radius 2 is 2.36 bits per heavy atom. The summed E-state index contributed by atoms with van der Waals surface area (Å²) >= 11 is 1.49. The van der Waals surface area contributed by atoms with Crippen LogP contribution in [-0.2, 0) is 4.74 Å². The minimum absolute atomic E-state index is 0.108. The lowest BCUT2D eigenvalue weighted by molar-refractivity contribution is -0.384. The molecule has 1 fully saturated rings. The van der Waals surface area contributed by atoms with Gasteiger partial charge in [0.25, 0.3) is 5.69 Å². The van der Waals surface area contributed by atoms with Gasteiger partial charge < -0.3 is 14.7 Å². The van der Waals surface area contributed by atoms with Crippen molar-refractivity contribution in [3.8, 4) is 6.07 Å². The second-order valence-corrected chi connectivity index (χ2v) is 6.74. The van der Waals surface area contributed by atoms with E-state index in [0.29, 0.717) is 31.9 Å². The van der Waals surface area contributed by atoms with E-state index in [0.717, 1.165) is 4.88 Å². The summed E-state index contributed by atoms with van der Waals surface area (Å²) in [6, 6.07) is 10.0. The molecule has 2 aromatic rings. The van der Waals surface area contributed by atoms with Crippen LogP contribution in [0.4, 0.5) is 11.4 Å². The van der Waals surface area contributed by atoms with Crippen LogP contribution in [0.2, 0.25) is 0 Å². The lowest BCUT2D eigenvalue weighted by Crippen LogP contribution is -2.46. The van der Waals surface area contributed by atoms with E-state index in [1.165, 1.54) is 23.5 Å². The monoisotopic (exact) mass is 359 g/mol. The molecule has 0 amide bonds. The lowest BCUT2D eigenvalue weighted by atomic mass is 10.0. The van der Waals surface area contributed by atoms with Crippen LogP contribution in [0.1, 0.15) is 23.0 Å².